The average molecular weight is 264 g/mol. The van der Waals surface area contributed by atoms with Gasteiger partial charge in [0, 0.05) is 18.1 Å². The van der Waals surface area contributed by atoms with Crippen LogP contribution in [-0.4, -0.2) is 0 Å². The lowest BCUT2D eigenvalue weighted by atomic mass is 10.1. The zero-order chi connectivity index (χ0) is 13.0. The highest BCUT2D eigenvalue weighted by Crippen LogP contribution is 2.15. The average Bonchev–Trinajstić information content (AvgIpc) is 2.32. The molecule has 0 aliphatic carbocycles. The Morgan fingerprint density at radius 2 is 1.94 bits per heavy atom. The van der Waals surface area contributed by atoms with Crippen LogP contribution >= 0.6 is 11.6 Å². The summed E-state index contributed by atoms with van der Waals surface area (Å²) in [5, 5.41) is 4.05. The van der Waals surface area contributed by atoms with Crippen LogP contribution < -0.4 is 5.32 Å². The van der Waals surface area contributed by atoms with Crippen molar-refractivity contribution in [1.82, 2.24) is 5.32 Å². The largest absolute Gasteiger partial charge is 0.309 e. The van der Waals surface area contributed by atoms with Crippen molar-refractivity contribution in [3.8, 4) is 0 Å². The molecule has 0 aliphatic heterocycles. The Balaban J connectivity index is 1.92. The van der Waals surface area contributed by atoms with E-state index in [-0.39, 0.29) is 5.82 Å². The molecule has 0 aromatic heterocycles. The zero-order valence-electron chi connectivity index (χ0n) is 10.2. The molecular weight excluding hydrogens is 249 g/mol. The standard InChI is InChI=1S/C15H15ClFN/c1-11-7-14(16)6-5-13(11)10-18-9-12-3-2-4-15(17)8-12/h2-8,18H,9-10H2,1H3. The summed E-state index contributed by atoms with van der Waals surface area (Å²) in [6.45, 7) is 3.43. The van der Waals surface area contributed by atoms with Crippen LogP contribution in [0.25, 0.3) is 0 Å². The quantitative estimate of drug-likeness (QED) is 0.877. The molecule has 0 spiro atoms. The van der Waals surface area contributed by atoms with E-state index < -0.39 is 0 Å². The van der Waals surface area contributed by atoms with Gasteiger partial charge in [0.25, 0.3) is 0 Å². The van der Waals surface area contributed by atoms with Gasteiger partial charge in [-0.2, -0.15) is 0 Å². The summed E-state index contributed by atoms with van der Waals surface area (Å²) >= 11 is 5.90. The van der Waals surface area contributed by atoms with Gasteiger partial charge in [-0.1, -0.05) is 29.8 Å². The van der Waals surface area contributed by atoms with Gasteiger partial charge in [0.2, 0.25) is 0 Å². The van der Waals surface area contributed by atoms with E-state index in [1.54, 1.807) is 12.1 Å². The Morgan fingerprint density at radius 3 is 2.67 bits per heavy atom. The van der Waals surface area contributed by atoms with Crippen LogP contribution in [0, 0.1) is 12.7 Å². The fraction of sp³-hybridized carbons (Fsp3) is 0.200. The first-order valence-electron chi connectivity index (χ1n) is 5.85. The highest BCUT2D eigenvalue weighted by atomic mass is 35.5. The molecule has 0 unspecified atom stereocenters. The van der Waals surface area contributed by atoms with E-state index in [9.17, 15) is 4.39 Å². The number of nitrogens with one attached hydrogen (secondary N) is 1. The monoisotopic (exact) mass is 263 g/mol. The van der Waals surface area contributed by atoms with Crippen molar-refractivity contribution >= 4 is 11.6 Å². The molecule has 0 radical (unpaired) electrons. The minimum atomic E-state index is -0.197. The highest BCUT2D eigenvalue weighted by Gasteiger charge is 2.00. The molecule has 0 heterocycles. The maximum absolute atomic E-state index is 13.0. The molecular formula is C15H15ClFN. The van der Waals surface area contributed by atoms with Gasteiger partial charge < -0.3 is 5.32 Å². The SMILES string of the molecule is Cc1cc(Cl)ccc1CNCc1cccc(F)c1. The van der Waals surface area contributed by atoms with Gasteiger partial charge in [0.05, 0.1) is 0 Å². The first kappa shape index (κ1) is 13.1. The first-order valence-corrected chi connectivity index (χ1v) is 6.23. The molecule has 0 amide bonds. The van der Waals surface area contributed by atoms with Crippen LogP contribution in [0.4, 0.5) is 4.39 Å². The molecule has 2 aromatic carbocycles. The number of halogens is 2. The maximum atomic E-state index is 13.0. The lowest BCUT2D eigenvalue weighted by Crippen LogP contribution is -2.13. The van der Waals surface area contributed by atoms with Gasteiger partial charge in [-0.3, -0.25) is 0 Å². The molecule has 1 nitrogen and oxygen atoms in total. The summed E-state index contributed by atoms with van der Waals surface area (Å²) in [7, 11) is 0. The van der Waals surface area contributed by atoms with Crippen LogP contribution in [0.3, 0.4) is 0 Å². The summed E-state index contributed by atoms with van der Waals surface area (Å²) < 4.78 is 13.0. The number of rotatable bonds is 4. The van der Waals surface area contributed by atoms with Gasteiger partial charge >= 0.3 is 0 Å². The molecule has 0 saturated carbocycles. The smallest absolute Gasteiger partial charge is 0.123 e. The summed E-state index contributed by atoms with van der Waals surface area (Å²) in [5.41, 5.74) is 3.31. The third kappa shape index (κ3) is 3.56. The van der Waals surface area contributed by atoms with Crippen molar-refractivity contribution in [3.05, 3.63) is 70.0 Å². The van der Waals surface area contributed by atoms with Crippen LogP contribution in [0.15, 0.2) is 42.5 Å². The van der Waals surface area contributed by atoms with Gasteiger partial charge in [0.1, 0.15) is 5.82 Å². The number of benzene rings is 2. The molecule has 18 heavy (non-hydrogen) atoms. The van der Waals surface area contributed by atoms with Crippen molar-refractivity contribution in [2.24, 2.45) is 0 Å². The predicted octanol–water partition coefficient (Wildman–Crippen LogP) is 4.08. The Hall–Kier alpha value is -1.38. The second-order valence-electron chi connectivity index (χ2n) is 4.30. The molecule has 2 aromatic rings. The van der Waals surface area contributed by atoms with E-state index in [4.69, 9.17) is 11.6 Å². The lowest BCUT2D eigenvalue weighted by Gasteiger charge is -2.08. The number of hydrogen-bond donors (Lipinski definition) is 1. The van der Waals surface area contributed by atoms with Crippen molar-refractivity contribution in [2.45, 2.75) is 20.0 Å². The van der Waals surface area contributed by atoms with E-state index >= 15 is 0 Å². The Morgan fingerprint density at radius 1 is 1.11 bits per heavy atom. The van der Waals surface area contributed by atoms with Gasteiger partial charge in [-0.05, 0) is 47.9 Å². The molecule has 1 N–H and O–H groups in total. The molecule has 3 heteroatoms. The fourth-order valence-corrected chi connectivity index (χ4v) is 2.07. The van der Waals surface area contributed by atoms with E-state index in [1.807, 2.05) is 31.2 Å². The minimum Gasteiger partial charge on any atom is -0.309 e. The topological polar surface area (TPSA) is 12.0 Å². The van der Waals surface area contributed by atoms with Crippen LogP contribution in [0.5, 0.6) is 0 Å². The number of hydrogen-bond acceptors (Lipinski definition) is 1. The van der Waals surface area contributed by atoms with Crippen molar-refractivity contribution < 1.29 is 4.39 Å². The Bertz CT molecular complexity index is 540. The van der Waals surface area contributed by atoms with Gasteiger partial charge in [0.15, 0.2) is 0 Å². The normalized spacial score (nSPS) is 10.6. The lowest BCUT2D eigenvalue weighted by molar-refractivity contribution is 0.620. The van der Waals surface area contributed by atoms with E-state index in [0.29, 0.717) is 6.54 Å². The molecule has 0 aliphatic rings. The Kier molecular flexibility index (Phi) is 4.34. The molecule has 0 fully saturated rings. The minimum absolute atomic E-state index is 0.197. The second kappa shape index (κ2) is 5.98. The highest BCUT2D eigenvalue weighted by molar-refractivity contribution is 6.30. The molecule has 2 rings (SSSR count). The molecule has 94 valence electrons. The van der Waals surface area contributed by atoms with Gasteiger partial charge in [-0.25, -0.2) is 4.39 Å². The van der Waals surface area contributed by atoms with Crippen LogP contribution in [0.2, 0.25) is 5.02 Å². The first-order chi connectivity index (χ1) is 8.65. The van der Waals surface area contributed by atoms with Crippen LogP contribution in [-0.2, 0) is 13.1 Å². The van der Waals surface area contributed by atoms with E-state index in [2.05, 4.69) is 5.32 Å². The summed E-state index contributed by atoms with van der Waals surface area (Å²) in [4.78, 5) is 0. The van der Waals surface area contributed by atoms with Crippen molar-refractivity contribution in [3.63, 3.8) is 0 Å². The van der Waals surface area contributed by atoms with Crippen molar-refractivity contribution in [1.29, 1.82) is 0 Å². The summed E-state index contributed by atoms with van der Waals surface area (Å²) in [6, 6.07) is 12.5. The Labute approximate surface area is 112 Å². The maximum Gasteiger partial charge on any atom is 0.123 e. The third-order valence-corrected chi connectivity index (χ3v) is 3.07. The predicted molar refractivity (Wildman–Crippen MR) is 73.1 cm³/mol. The van der Waals surface area contributed by atoms with E-state index in [0.717, 1.165) is 22.7 Å². The van der Waals surface area contributed by atoms with Gasteiger partial charge in [-0.15, -0.1) is 0 Å². The number of aryl methyl sites for hydroxylation is 1. The second-order valence-corrected chi connectivity index (χ2v) is 4.74. The fourth-order valence-electron chi connectivity index (χ4n) is 1.85. The molecule has 0 atom stereocenters. The van der Waals surface area contributed by atoms with Crippen molar-refractivity contribution in [2.75, 3.05) is 0 Å². The van der Waals surface area contributed by atoms with Crippen LogP contribution in [0.1, 0.15) is 16.7 Å². The summed E-state index contributed by atoms with van der Waals surface area (Å²) in [5.74, 6) is -0.197. The molecule has 0 saturated heterocycles. The third-order valence-electron chi connectivity index (χ3n) is 2.84. The zero-order valence-corrected chi connectivity index (χ0v) is 11.0. The molecule has 0 bridgehead atoms. The van der Waals surface area contributed by atoms with E-state index in [1.165, 1.54) is 11.6 Å². The summed E-state index contributed by atoms with van der Waals surface area (Å²) in [6.07, 6.45) is 0.